The number of halogens is 1. The summed E-state index contributed by atoms with van der Waals surface area (Å²) in [6.45, 7) is 2.70. The summed E-state index contributed by atoms with van der Waals surface area (Å²) in [5.41, 5.74) is 1.35. The summed E-state index contributed by atoms with van der Waals surface area (Å²) in [7, 11) is -2.88. The van der Waals surface area contributed by atoms with E-state index in [1.165, 1.54) is 38.3 Å². The van der Waals surface area contributed by atoms with Gasteiger partial charge in [-0.25, -0.2) is 8.42 Å². The Bertz CT molecular complexity index is 1340. The van der Waals surface area contributed by atoms with Crippen LogP contribution in [-0.4, -0.2) is 32.9 Å². The molecule has 3 aromatic carbocycles. The Hall–Kier alpha value is -3.63. The van der Waals surface area contributed by atoms with E-state index in [1.807, 2.05) is 0 Å². The van der Waals surface area contributed by atoms with Crippen LogP contribution in [0.3, 0.4) is 0 Å². The van der Waals surface area contributed by atoms with Crippen LogP contribution in [0.1, 0.15) is 11.1 Å². The minimum atomic E-state index is -4.34. The summed E-state index contributed by atoms with van der Waals surface area (Å²) in [6.07, 6.45) is 0. The van der Waals surface area contributed by atoms with E-state index in [1.54, 1.807) is 37.3 Å². The molecule has 1 amide bonds. The first-order valence-corrected chi connectivity index (χ1v) is 11.8. The van der Waals surface area contributed by atoms with Gasteiger partial charge in [-0.05, 0) is 67.9 Å². The van der Waals surface area contributed by atoms with Gasteiger partial charge in [-0.1, -0.05) is 17.7 Å². The van der Waals surface area contributed by atoms with Gasteiger partial charge in [-0.15, -0.1) is 0 Å². The fourth-order valence-corrected chi connectivity index (χ4v) is 4.89. The zero-order chi connectivity index (χ0) is 25.0. The molecule has 9 nitrogen and oxygen atoms in total. The van der Waals surface area contributed by atoms with Crippen LogP contribution in [0.2, 0.25) is 5.02 Å². The largest absolute Gasteiger partial charge is 0.497 e. The SMILES string of the molecule is COc1ccc(N(CC(=O)Nc2ccc(Cl)cc2C)S(=O)(=O)c2ccc(C)c([N+](=O)[O-])c2)cc1. The maximum atomic E-state index is 13.5. The molecule has 34 heavy (non-hydrogen) atoms. The Labute approximate surface area is 202 Å². The number of nitrogens with zero attached hydrogens (tertiary/aromatic N) is 2. The predicted octanol–water partition coefficient (Wildman–Crippen LogP) is 4.71. The Kier molecular flexibility index (Phi) is 7.43. The average Bonchev–Trinajstić information content (AvgIpc) is 2.79. The minimum Gasteiger partial charge on any atom is -0.497 e. The lowest BCUT2D eigenvalue weighted by Gasteiger charge is -2.24. The summed E-state index contributed by atoms with van der Waals surface area (Å²) in [6, 6.07) is 14.6. The molecule has 0 fully saturated rings. The number of nitro benzene ring substituents is 1. The Morgan fingerprint density at radius 3 is 2.32 bits per heavy atom. The number of nitrogens with one attached hydrogen (secondary N) is 1. The fraction of sp³-hybridized carbons (Fsp3) is 0.174. The molecule has 0 saturated heterocycles. The van der Waals surface area contributed by atoms with Gasteiger partial charge < -0.3 is 10.1 Å². The smallest absolute Gasteiger partial charge is 0.273 e. The number of amides is 1. The second-order valence-corrected chi connectivity index (χ2v) is 9.72. The fourth-order valence-electron chi connectivity index (χ4n) is 3.22. The second-order valence-electron chi connectivity index (χ2n) is 7.42. The number of carbonyl (C=O) groups is 1. The molecule has 0 aliphatic rings. The lowest BCUT2D eigenvalue weighted by Crippen LogP contribution is -2.38. The van der Waals surface area contributed by atoms with E-state index < -0.39 is 27.4 Å². The summed E-state index contributed by atoms with van der Waals surface area (Å²) < 4.78 is 33.1. The van der Waals surface area contributed by atoms with E-state index in [4.69, 9.17) is 16.3 Å². The molecule has 0 unspecified atom stereocenters. The number of methoxy groups -OCH3 is 1. The Morgan fingerprint density at radius 1 is 1.06 bits per heavy atom. The lowest BCUT2D eigenvalue weighted by atomic mass is 10.2. The molecule has 0 aliphatic carbocycles. The van der Waals surface area contributed by atoms with Crippen molar-refractivity contribution in [3.8, 4) is 5.75 Å². The van der Waals surface area contributed by atoms with Crippen molar-refractivity contribution in [2.24, 2.45) is 0 Å². The van der Waals surface area contributed by atoms with Crippen molar-refractivity contribution in [2.75, 3.05) is 23.3 Å². The zero-order valence-electron chi connectivity index (χ0n) is 18.6. The normalized spacial score (nSPS) is 11.1. The van der Waals surface area contributed by atoms with Crippen LogP contribution >= 0.6 is 11.6 Å². The van der Waals surface area contributed by atoms with Gasteiger partial charge in [0.25, 0.3) is 15.7 Å². The molecule has 0 aromatic heterocycles. The molecule has 0 radical (unpaired) electrons. The Balaban J connectivity index is 2.02. The maximum absolute atomic E-state index is 13.5. The van der Waals surface area contributed by atoms with E-state index in [2.05, 4.69) is 5.32 Å². The number of benzene rings is 3. The van der Waals surface area contributed by atoms with Crippen molar-refractivity contribution in [2.45, 2.75) is 18.7 Å². The van der Waals surface area contributed by atoms with Gasteiger partial charge in [0.15, 0.2) is 0 Å². The van der Waals surface area contributed by atoms with Crippen molar-refractivity contribution < 1.29 is 22.9 Å². The third-order valence-electron chi connectivity index (χ3n) is 5.08. The predicted molar refractivity (Wildman–Crippen MR) is 130 cm³/mol. The van der Waals surface area contributed by atoms with Crippen LogP contribution in [0.15, 0.2) is 65.6 Å². The van der Waals surface area contributed by atoms with Gasteiger partial charge in [0.1, 0.15) is 12.3 Å². The van der Waals surface area contributed by atoms with Crippen LogP contribution < -0.4 is 14.4 Å². The number of carbonyl (C=O) groups excluding carboxylic acids is 1. The molecule has 0 saturated carbocycles. The van der Waals surface area contributed by atoms with Gasteiger partial charge in [0.2, 0.25) is 5.91 Å². The number of rotatable bonds is 8. The number of anilines is 2. The van der Waals surface area contributed by atoms with Gasteiger partial charge in [0, 0.05) is 22.3 Å². The van der Waals surface area contributed by atoms with E-state index in [-0.39, 0.29) is 16.3 Å². The van der Waals surface area contributed by atoms with Crippen LogP contribution in [0.4, 0.5) is 17.1 Å². The number of sulfonamides is 1. The van der Waals surface area contributed by atoms with Gasteiger partial charge >= 0.3 is 0 Å². The topological polar surface area (TPSA) is 119 Å². The first kappa shape index (κ1) is 25.0. The molecule has 0 atom stereocenters. The van der Waals surface area contributed by atoms with Crippen molar-refractivity contribution in [3.05, 3.63) is 86.9 Å². The zero-order valence-corrected chi connectivity index (χ0v) is 20.2. The molecule has 3 rings (SSSR count). The molecule has 0 aliphatic heterocycles. The van der Waals surface area contributed by atoms with Crippen LogP contribution in [-0.2, 0) is 14.8 Å². The maximum Gasteiger partial charge on any atom is 0.273 e. The van der Waals surface area contributed by atoms with Gasteiger partial charge in [-0.3, -0.25) is 19.2 Å². The Morgan fingerprint density at radius 2 is 1.74 bits per heavy atom. The summed E-state index contributed by atoms with van der Waals surface area (Å²) in [4.78, 5) is 23.3. The highest BCUT2D eigenvalue weighted by molar-refractivity contribution is 7.92. The highest BCUT2D eigenvalue weighted by atomic mass is 35.5. The van der Waals surface area contributed by atoms with Crippen LogP contribution in [0, 0.1) is 24.0 Å². The first-order valence-electron chi connectivity index (χ1n) is 10.0. The highest BCUT2D eigenvalue weighted by Gasteiger charge is 2.29. The van der Waals surface area contributed by atoms with Crippen LogP contribution in [0.25, 0.3) is 0 Å². The molecule has 0 heterocycles. The van der Waals surface area contributed by atoms with Crippen molar-refractivity contribution >= 4 is 44.6 Å². The van der Waals surface area contributed by atoms with Gasteiger partial charge in [-0.2, -0.15) is 0 Å². The van der Waals surface area contributed by atoms with E-state index in [9.17, 15) is 23.3 Å². The lowest BCUT2D eigenvalue weighted by molar-refractivity contribution is -0.385. The average molecular weight is 504 g/mol. The van der Waals surface area contributed by atoms with Gasteiger partial charge in [0.05, 0.1) is 22.6 Å². The molecule has 3 aromatic rings. The monoisotopic (exact) mass is 503 g/mol. The summed E-state index contributed by atoms with van der Waals surface area (Å²) in [5.74, 6) is -0.111. The number of hydrogen-bond acceptors (Lipinski definition) is 6. The third kappa shape index (κ3) is 5.46. The molecule has 0 spiro atoms. The van der Waals surface area contributed by atoms with Crippen molar-refractivity contribution in [3.63, 3.8) is 0 Å². The van der Waals surface area contributed by atoms with Crippen LogP contribution in [0.5, 0.6) is 5.75 Å². The third-order valence-corrected chi connectivity index (χ3v) is 7.08. The van der Waals surface area contributed by atoms with Crippen molar-refractivity contribution in [1.29, 1.82) is 0 Å². The number of hydrogen-bond donors (Lipinski definition) is 1. The highest BCUT2D eigenvalue weighted by Crippen LogP contribution is 2.29. The molecular formula is C23H22ClN3O6S. The number of aryl methyl sites for hydroxylation is 2. The summed E-state index contributed by atoms with van der Waals surface area (Å²) >= 11 is 5.96. The van der Waals surface area contributed by atoms with E-state index in [0.717, 1.165) is 10.4 Å². The molecular weight excluding hydrogens is 482 g/mol. The quantitative estimate of drug-likeness (QED) is 0.351. The second kappa shape index (κ2) is 10.1. The molecule has 178 valence electrons. The minimum absolute atomic E-state index is 0.187. The molecule has 11 heteroatoms. The molecule has 1 N–H and O–H groups in total. The van der Waals surface area contributed by atoms with Crippen molar-refractivity contribution in [1.82, 2.24) is 0 Å². The van der Waals surface area contributed by atoms with E-state index >= 15 is 0 Å². The standard InChI is InChI=1S/C23H22ClN3O6S/c1-15-4-10-20(13-22(15)27(29)30)34(31,32)26(18-6-8-19(33-3)9-7-18)14-23(28)25-21-11-5-17(24)12-16(21)2/h4-13H,14H2,1-3H3,(H,25,28). The molecule has 0 bridgehead atoms. The number of nitro groups is 1. The number of ether oxygens (including phenoxy) is 1. The van der Waals surface area contributed by atoms with E-state index in [0.29, 0.717) is 27.6 Å². The summed E-state index contributed by atoms with van der Waals surface area (Å²) in [5, 5.41) is 14.5. The first-order chi connectivity index (χ1) is 16.0.